The highest BCUT2D eigenvalue weighted by Crippen LogP contribution is 2.25. The summed E-state index contributed by atoms with van der Waals surface area (Å²) in [7, 11) is -1.79. The predicted octanol–water partition coefficient (Wildman–Crippen LogP) is 4.37. The molecule has 0 aliphatic carbocycles. The summed E-state index contributed by atoms with van der Waals surface area (Å²) in [5.74, 6) is 0.744. The minimum atomic E-state index is -3.32. The minimum absolute atomic E-state index is 0.0382. The molecule has 0 spiro atoms. The Balaban J connectivity index is 1.59. The first-order chi connectivity index (χ1) is 14.6. The molecule has 1 saturated heterocycles. The molecule has 1 fully saturated rings. The Hall–Kier alpha value is -2.32. The van der Waals surface area contributed by atoms with Crippen molar-refractivity contribution >= 4 is 44.4 Å². The number of hydrogen-bond acceptors (Lipinski definition) is 4. The fourth-order valence-corrected chi connectivity index (χ4v) is 4.61. The topological polar surface area (TPSA) is 64.7 Å². The van der Waals surface area contributed by atoms with E-state index >= 15 is 0 Å². The zero-order valence-electron chi connectivity index (χ0n) is 18.6. The van der Waals surface area contributed by atoms with Crippen molar-refractivity contribution in [2.75, 3.05) is 40.9 Å². The van der Waals surface area contributed by atoms with E-state index in [1.807, 2.05) is 6.07 Å². The van der Waals surface area contributed by atoms with Gasteiger partial charge in [0, 0.05) is 31.5 Å². The maximum Gasteiger partial charge on any atom is 0.231 e. The van der Waals surface area contributed by atoms with Crippen LogP contribution in [-0.2, 0) is 10.0 Å². The Kier molecular flexibility index (Phi) is 7.43. The van der Waals surface area contributed by atoms with Gasteiger partial charge in [-0.2, -0.15) is 0 Å². The molecule has 3 rings (SSSR count). The molecular weight excluding hydrogens is 428 g/mol. The first-order valence-corrected chi connectivity index (χ1v) is 12.9. The molecule has 31 heavy (non-hydrogen) atoms. The number of rotatable bonds is 6. The molecule has 1 heterocycles. The van der Waals surface area contributed by atoms with Crippen molar-refractivity contribution in [1.82, 2.24) is 5.32 Å². The number of piperidine rings is 1. The van der Waals surface area contributed by atoms with Crippen LogP contribution in [0.1, 0.15) is 38.3 Å². The Bertz CT molecular complexity index is 1010. The molecule has 0 saturated carbocycles. The Morgan fingerprint density at radius 3 is 2.58 bits per heavy atom. The summed E-state index contributed by atoms with van der Waals surface area (Å²) in [4.78, 5) is 2.46. The van der Waals surface area contributed by atoms with E-state index in [2.05, 4.69) is 53.6 Å². The van der Waals surface area contributed by atoms with E-state index < -0.39 is 10.0 Å². The largest absolute Gasteiger partial charge is 0.371 e. The van der Waals surface area contributed by atoms with Crippen molar-refractivity contribution in [2.45, 2.75) is 32.7 Å². The number of hydrogen-bond donors (Lipinski definition) is 2. The molecule has 2 atom stereocenters. The second kappa shape index (κ2) is 9.87. The molecule has 168 valence electrons. The smallest absolute Gasteiger partial charge is 0.231 e. The summed E-state index contributed by atoms with van der Waals surface area (Å²) < 4.78 is 24.8. The van der Waals surface area contributed by atoms with Crippen molar-refractivity contribution < 1.29 is 8.42 Å². The standard InChI is InChI=1S/C23H32N4O2S2/c1-17-7-6-14-27(16-17)21-12-10-19(11-13-21)18(2)24-23(30)25-20-8-5-9-22(15-20)26(3)31(4,28)29/h5,8-13,15,17-18H,6-7,14,16H2,1-4H3,(H2,24,25,30)/t17-,18-/m1/s1. The fraction of sp³-hybridized carbons (Fsp3) is 0.435. The molecule has 0 unspecified atom stereocenters. The summed E-state index contributed by atoms with van der Waals surface area (Å²) in [6.45, 7) is 6.63. The Morgan fingerprint density at radius 2 is 1.94 bits per heavy atom. The van der Waals surface area contributed by atoms with Crippen LogP contribution in [0.25, 0.3) is 0 Å². The maximum atomic E-state index is 11.8. The van der Waals surface area contributed by atoms with Gasteiger partial charge in [0.2, 0.25) is 10.0 Å². The summed E-state index contributed by atoms with van der Waals surface area (Å²) in [5, 5.41) is 6.94. The van der Waals surface area contributed by atoms with Gasteiger partial charge in [-0.15, -0.1) is 0 Å². The highest BCUT2D eigenvalue weighted by molar-refractivity contribution is 7.92. The van der Waals surface area contributed by atoms with Gasteiger partial charge >= 0.3 is 0 Å². The first-order valence-electron chi connectivity index (χ1n) is 10.6. The molecule has 1 aliphatic rings. The number of anilines is 3. The summed E-state index contributed by atoms with van der Waals surface area (Å²) in [6, 6.07) is 15.9. The predicted molar refractivity (Wildman–Crippen MR) is 135 cm³/mol. The van der Waals surface area contributed by atoms with E-state index in [0.29, 0.717) is 10.8 Å². The number of nitrogens with one attached hydrogen (secondary N) is 2. The van der Waals surface area contributed by atoms with E-state index in [0.717, 1.165) is 30.3 Å². The molecule has 2 aromatic carbocycles. The number of benzene rings is 2. The van der Waals surface area contributed by atoms with Crippen molar-refractivity contribution in [1.29, 1.82) is 0 Å². The quantitative estimate of drug-likeness (QED) is 0.624. The van der Waals surface area contributed by atoms with Crippen molar-refractivity contribution in [3.63, 3.8) is 0 Å². The average Bonchev–Trinajstić information content (AvgIpc) is 2.72. The average molecular weight is 461 g/mol. The van der Waals surface area contributed by atoms with Crippen LogP contribution >= 0.6 is 12.2 Å². The second-order valence-electron chi connectivity index (χ2n) is 8.39. The number of sulfonamides is 1. The monoisotopic (exact) mass is 460 g/mol. The zero-order chi connectivity index (χ0) is 22.6. The van der Waals surface area contributed by atoms with Crippen LogP contribution in [0, 0.1) is 5.92 Å². The number of thiocarbonyl (C=S) groups is 1. The second-order valence-corrected chi connectivity index (χ2v) is 10.8. The van der Waals surface area contributed by atoms with Crippen LogP contribution in [-0.4, -0.2) is 39.9 Å². The highest BCUT2D eigenvalue weighted by Gasteiger charge is 2.17. The van der Waals surface area contributed by atoms with E-state index in [4.69, 9.17) is 12.2 Å². The van der Waals surface area contributed by atoms with E-state index in [-0.39, 0.29) is 6.04 Å². The molecule has 2 aromatic rings. The van der Waals surface area contributed by atoms with Gasteiger partial charge in [0.25, 0.3) is 0 Å². The molecule has 6 nitrogen and oxygen atoms in total. The molecule has 0 radical (unpaired) electrons. The lowest BCUT2D eigenvalue weighted by Gasteiger charge is -2.33. The van der Waals surface area contributed by atoms with Gasteiger partial charge in [-0.25, -0.2) is 8.42 Å². The van der Waals surface area contributed by atoms with Gasteiger partial charge in [0.15, 0.2) is 5.11 Å². The molecule has 0 bridgehead atoms. The van der Waals surface area contributed by atoms with Gasteiger partial charge in [0.1, 0.15) is 0 Å². The minimum Gasteiger partial charge on any atom is -0.371 e. The molecule has 0 aromatic heterocycles. The maximum absolute atomic E-state index is 11.8. The van der Waals surface area contributed by atoms with Crippen molar-refractivity contribution in [3.8, 4) is 0 Å². The third-order valence-electron chi connectivity index (χ3n) is 5.73. The Morgan fingerprint density at radius 1 is 1.23 bits per heavy atom. The number of nitrogens with zero attached hydrogens (tertiary/aromatic N) is 2. The van der Waals surface area contributed by atoms with Crippen LogP contribution in [0.2, 0.25) is 0 Å². The van der Waals surface area contributed by atoms with Gasteiger partial charge in [-0.1, -0.05) is 25.1 Å². The third kappa shape index (κ3) is 6.33. The first kappa shape index (κ1) is 23.3. The SMILES string of the molecule is C[C@@H]1CCCN(c2ccc([C@@H](C)NC(=S)Nc3cccc(N(C)S(C)(=O)=O)c3)cc2)C1. The van der Waals surface area contributed by atoms with Crippen molar-refractivity contribution in [2.24, 2.45) is 5.92 Å². The van der Waals surface area contributed by atoms with Crippen LogP contribution in [0.5, 0.6) is 0 Å². The lowest BCUT2D eigenvalue weighted by atomic mass is 9.99. The molecule has 1 aliphatic heterocycles. The van der Waals surface area contributed by atoms with Gasteiger partial charge in [0.05, 0.1) is 18.0 Å². The highest BCUT2D eigenvalue weighted by atomic mass is 32.2. The lowest BCUT2D eigenvalue weighted by molar-refractivity contribution is 0.447. The third-order valence-corrected chi connectivity index (χ3v) is 7.15. The van der Waals surface area contributed by atoms with E-state index in [1.54, 1.807) is 18.2 Å². The van der Waals surface area contributed by atoms with E-state index in [9.17, 15) is 8.42 Å². The molecular formula is C23H32N4O2S2. The van der Waals surface area contributed by atoms with Gasteiger partial charge < -0.3 is 15.5 Å². The lowest BCUT2D eigenvalue weighted by Crippen LogP contribution is -2.34. The van der Waals surface area contributed by atoms with E-state index in [1.165, 1.54) is 36.1 Å². The van der Waals surface area contributed by atoms with Crippen LogP contribution in [0.15, 0.2) is 48.5 Å². The van der Waals surface area contributed by atoms with Crippen LogP contribution in [0.4, 0.5) is 17.1 Å². The molecule has 2 N–H and O–H groups in total. The zero-order valence-corrected chi connectivity index (χ0v) is 20.3. The fourth-order valence-electron chi connectivity index (χ4n) is 3.82. The van der Waals surface area contributed by atoms with Crippen LogP contribution in [0.3, 0.4) is 0 Å². The molecule has 8 heteroatoms. The van der Waals surface area contributed by atoms with Crippen LogP contribution < -0.4 is 19.8 Å². The van der Waals surface area contributed by atoms with Gasteiger partial charge in [-0.3, -0.25) is 4.31 Å². The summed E-state index contributed by atoms with van der Waals surface area (Å²) in [5.41, 5.74) is 3.73. The Labute approximate surface area is 191 Å². The molecule has 0 amide bonds. The normalized spacial score (nSPS) is 17.7. The van der Waals surface area contributed by atoms with Gasteiger partial charge in [-0.05, 0) is 73.8 Å². The van der Waals surface area contributed by atoms with Crippen molar-refractivity contribution in [3.05, 3.63) is 54.1 Å². The summed E-state index contributed by atoms with van der Waals surface area (Å²) in [6.07, 6.45) is 3.74. The summed E-state index contributed by atoms with van der Waals surface area (Å²) >= 11 is 5.47.